The van der Waals surface area contributed by atoms with Gasteiger partial charge in [-0.25, -0.2) is 0 Å². The van der Waals surface area contributed by atoms with Crippen molar-refractivity contribution in [2.24, 2.45) is 0 Å². The summed E-state index contributed by atoms with van der Waals surface area (Å²) in [5.41, 5.74) is 0.173. The molecule has 0 aliphatic heterocycles. The molecule has 1 atom stereocenters. The number of carbonyl (C=O) groups excluding carboxylic acids is 1. The molecule has 0 aliphatic carbocycles. The molecule has 0 aliphatic rings. The maximum absolute atomic E-state index is 12.6. The third-order valence-electron chi connectivity index (χ3n) is 3.41. The van der Waals surface area contributed by atoms with Crippen molar-refractivity contribution in [3.05, 3.63) is 65.7 Å². The van der Waals surface area contributed by atoms with E-state index in [4.69, 9.17) is 4.74 Å². The minimum Gasteiger partial charge on any atom is -0.486 e. The molecule has 0 spiro atoms. The molecule has 0 aromatic heterocycles. The molecule has 0 saturated heterocycles. The Morgan fingerprint density at radius 1 is 1.08 bits per heavy atom. The van der Waals surface area contributed by atoms with Crippen molar-refractivity contribution in [3.63, 3.8) is 0 Å². The van der Waals surface area contributed by atoms with Gasteiger partial charge in [-0.3, -0.25) is 4.79 Å². The first kappa shape index (κ1) is 17.8. The van der Waals surface area contributed by atoms with Gasteiger partial charge < -0.3 is 10.1 Å². The summed E-state index contributed by atoms with van der Waals surface area (Å²) in [6.45, 7) is 1.84. The molecule has 1 N–H and O–H groups in total. The Morgan fingerprint density at radius 2 is 1.71 bits per heavy atom. The number of hydrogen-bond donors (Lipinski definition) is 1. The van der Waals surface area contributed by atoms with Gasteiger partial charge >= 0.3 is 6.18 Å². The normalized spacial score (nSPS) is 12.5. The number of hydrogen-bond acceptors (Lipinski definition) is 2. The van der Waals surface area contributed by atoms with Crippen molar-refractivity contribution >= 4 is 5.91 Å². The van der Waals surface area contributed by atoms with Crippen LogP contribution < -0.4 is 10.1 Å². The second-order valence-corrected chi connectivity index (χ2v) is 5.31. The Labute approximate surface area is 138 Å². The lowest BCUT2D eigenvalue weighted by molar-refractivity contribution is -0.137. The van der Waals surface area contributed by atoms with E-state index in [0.717, 1.165) is 17.7 Å². The van der Waals surface area contributed by atoms with E-state index in [1.165, 1.54) is 19.1 Å². The SMILES string of the molecule is CC(=O)NCCC(Oc1ccc(C(F)(F)F)cc1)c1ccccc1. The molecular formula is C18H18F3NO2. The largest absolute Gasteiger partial charge is 0.486 e. The average Bonchev–Trinajstić information content (AvgIpc) is 2.54. The van der Waals surface area contributed by atoms with Crippen LogP contribution >= 0.6 is 0 Å². The molecule has 6 heteroatoms. The molecule has 0 saturated carbocycles. The van der Waals surface area contributed by atoms with E-state index >= 15 is 0 Å². The maximum Gasteiger partial charge on any atom is 0.416 e. The minimum atomic E-state index is -4.37. The van der Waals surface area contributed by atoms with Crippen molar-refractivity contribution in [1.29, 1.82) is 0 Å². The molecule has 2 rings (SSSR count). The lowest BCUT2D eigenvalue weighted by Gasteiger charge is -2.20. The topological polar surface area (TPSA) is 38.3 Å². The summed E-state index contributed by atoms with van der Waals surface area (Å²) in [6.07, 6.45) is -4.23. The second kappa shape index (κ2) is 7.86. The van der Waals surface area contributed by atoms with Gasteiger partial charge in [-0.05, 0) is 29.8 Å². The molecule has 1 unspecified atom stereocenters. The van der Waals surface area contributed by atoms with E-state index in [1.807, 2.05) is 30.3 Å². The number of amides is 1. The fourth-order valence-corrected chi connectivity index (χ4v) is 2.23. The van der Waals surface area contributed by atoms with Gasteiger partial charge in [0.05, 0.1) is 5.56 Å². The highest BCUT2D eigenvalue weighted by atomic mass is 19.4. The van der Waals surface area contributed by atoms with Gasteiger partial charge in [0.25, 0.3) is 0 Å². The zero-order valence-corrected chi connectivity index (χ0v) is 13.1. The summed E-state index contributed by atoms with van der Waals surface area (Å²) in [5.74, 6) is 0.205. The highest BCUT2D eigenvalue weighted by Gasteiger charge is 2.30. The predicted molar refractivity (Wildman–Crippen MR) is 84.6 cm³/mol. The molecule has 1 amide bonds. The van der Waals surface area contributed by atoms with Crippen LogP contribution in [-0.4, -0.2) is 12.5 Å². The lowest BCUT2D eigenvalue weighted by atomic mass is 10.1. The number of ether oxygens (including phenoxy) is 1. The van der Waals surface area contributed by atoms with E-state index in [9.17, 15) is 18.0 Å². The highest BCUT2D eigenvalue weighted by molar-refractivity contribution is 5.72. The Balaban J connectivity index is 2.11. The van der Waals surface area contributed by atoms with E-state index in [-0.39, 0.29) is 12.0 Å². The first-order valence-corrected chi connectivity index (χ1v) is 7.49. The van der Waals surface area contributed by atoms with Gasteiger partial charge in [0.15, 0.2) is 0 Å². The standard InChI is InChI=1S/C18H18F3NO2/c1-13(23)22-12-11-17(14-5-3-2-4-6-14)24-16-9-7-15(8-10-16)18(19,20)21/h2-10,17H,11-12H2,1H3,(H,22,23). The highest BCUT2D eigenvalue weighted by Crippen LogP contribution is 2.31. The molecule has 24 heavy (non-hydrogen) atoms. The van der Waals surface area contributed by atoms with E-state index < -0.39 is 11.7 Å². The summed E-state index contributed by atoms with van der Waals surface area (Å²) in [5, 5.41) is 2.69. The summed E-state index contributed by atoms with van der Waals surface area (Å²) >= 11 is 0. The number of carbonyl (C=O) groups is 1. The van der Waals surface area contributed by atoms with Crippen LogP contribution in [0.1, 0.15) is 30.6 Å². The third-order valence-corrected chi connectivity index (χ3v) is 3.41. The summed E-state index contributed by atoms with van der Waals surface area (Å²) < 4.78 is 43.7. The Morgan fingerprint density at radius 3 is 2.25 bits per heavy atom. The van der Waals surface area contributed by atoms with Crippen molar-refractivity contribution < 1.29 is 22.7 Å². The average molecular weight is 337 g/mol. The number of nitrogens with one attached hydrogen (secondary N) is 1. The van der Waals surface area contributed by atoms with Crippen LogP contribution in [-0.2, 0) is 11.0 Å². The van der Waals surface area contributed by atoms with Crippen molar-refractivity contribution in [1.82, 2.24) is 5.32 Å². The van der Waals surface area contributed by atoms with E-state index in [1.54, 1.807) is 0 Å². The summed E-state index contributed by atoms with van der Waals surface area (Å²) in [6, 6.07) is 13.9. The first-order valence-electron chi connectivity index (χ1n) is 7.49. The molecule has 3 nitrogen and oxygen atoms in total. The fraction of sp³-hybridized carbons (Fsp3) is 0.278. The van der Waals surface area contributed by atoms with E-state index in [2.05, 4.69) is 5.32 Å². The molecular weight excluding hydrogens is 319 g/mol. The number of rotatable bonds is 6. The number of halogens is 3. The smallest absolute Gasteiger partial charge is 0.416 e. The van der Waals surface area contributed by atoms with Crippen molar-refractivity contribution in [2.45, 2.75) is 25.6 Å². The summed E-state index contributed by atoms with van der Waals surface area (Å²) in [7, 11) is 0. The Hall–Kier alpha value is -2.50. The maximum atomic E-state index is 12.6. The van der Waals surface area contributed by atoms with Gasteiger partial charge in [-0.2, -0.15) is 13.2 Å². The third kappa shape index (κ3) is 5.30. The number of benzene rings is 2. The molecule has 128 valence electrons. The Bertz CT molecular complexity index is 654. The van der Waals surface area contributed by atoms with Crippen LogP contribution in [0.25, 0.3) is 0 Å². The minimum absolute atomic E-state index is 0.142. The van der Waals surface area contributed by atoms with Gasteiger partial charge in [0.2, 0.25) is 5.91 Å². The van der Waals surface area contributed by atoms with Crippen LogP contribution in [0, 0.1) is 0 Å². The lowest BCUT2D eigenvalue weighted by Crippen LogP contribution is -2.24. The van der Waals surface area contributed by atoms with Crippen LogP contribution in [0.4, 0.5) is 13.2 Å². The van der Waals surface area contributed by atoms with Crippen molar-refractivity contribution in [3.8, 4) is 5.75 Å². The van der Waals surface area contributed by atoms with Gasteiger partial charge in [0.1, 0.15) is 11.9 Å². The van der Waals surface area contributed by atoms with Gasteiger partial charge in [0, 0.05) is 19.9 Å². The van der Waals surface area contributed by atoms with E-state index in [0.29, 0.717) is 18.7 Å². The van der Waals surface area contributed by atoms with Gasteiger partial charge in [-0.1, -0.05) is 30.3 Å². The zero-order chi connectivity index (χ0) is 17.6. The predicted octanol–water partition coefficient (Wildman–Crippen LogP) is 4.35. The van der Waals surface area contributed by atoms with Crippen LogP contribution in [0.2, 0.25) is 0 Å². The number of alkyl halides is 3. The molecule has 2 aromatic carbocycles. The van der Waals surface area contributed by atoms with Crippen molar-refractivity contribution in [2.75, 3.05) is 6.54 Å². The van der Waals surface area contributed by atoms with Crippen LogP contribution in [0.3, 0.4) is 0 Å². The molecule has 2 aromatic rings. The first-order chi connectivity index (χ1) is 11.4. The quantitative estimate of drug-likeness (QED) is 0.851. The monoisotopic (exact) mass is 337 g/mol. The fourth-order valence-electron chi connectivity index (χ4n) is 2.23. The molecule has 0 fully saturated rings. The molecule has 0 bridgehead atoms. The van der Waals surface area contributed by atoms with Gasteiger partial charge in [-0.15, -0.1) is 0 Å². The van der Waals surface area contributed by atoms with Crippen LogP contribution in [0.15, 0.2) is 54.6 Å². The second-order valence-electron chi connectivity index (χ2n) is 5.31. The van der Waals surface area contributed by atoms with Crippen LogP contribution in [0.5, 0.6) is 5.75 Å². The molecule has 0 heterocycles. The zero-order valence-electron chi connectivity index (χ0n) is 13.1. The summed E-state index contributed by atoms with van der Waals surface area (Å²) in [4.78, 5) is 11.0. The Kier molecular flexibility index (Phi) is 5.84. The molecule has 0 radical (unpaired) electrons.